The molecule has 1 aromatic carbocycles. The lowest BCUT2D eigenvalue weighted by Gasteiger charge is -2.20. The lowest BCUT2D eigenvalue weighted by Crippen LogP contribution is -2.40. The van der Waals surface area contributed by atoms with Gasteiger partial charge in [-0.3, -0.25) is 4.79 Å². The van der Waals surface area contributed by atoms with Crippen molar-refractivity contribution in [2.75, 3.05) is 13.7 Å². The first-order valence-corrected chi connectivity index (χ1v) is 10.9. The number of methoxy groups -OCH3 is 1. The predicted molar refractivity (Wildman–Crippen MR) is 102 cm³/mol. The molecule has 1 unspecified atom stereocenters. The highest BCUT2D eigenvalue weighted by atomic mass is 32.2. The van der Waals surface area contributed by atoms with Crippen LogP contribution in [0.3, 0.4) is 0 Å². The van der Waals surface area contributed by atoms with Crippen molar-refractivity contribution in [3.63, 3.8) is 0 Å². The first-order chi connectivity index (χ1) is 14.1. The van der Waals surface area contributed by atoms with Crippen molar-refractivity contribution in [2.45, 2.75) is 29.5 Å². The Morgan fingerprint density at radius 1 is 1.30 bits per heavy atom. The summed E-state index contributed by atoms with van der Waals surface area (Å²) < 4.78 is 69.8. The number of sulfonamides is 1. The third-order valence-corrected chi connectivity index (χ3v) is 7.55. The lowest BCUT2D eigenvalue weighted by atomic mass is 10.1. The smallest absolute Gasteiger partial charge is 0.416 e. The molecule has 12 heteroatoms. The summed E-state index contributed by atoms with van der Waals surface area (Å²) in [6.45, 7) is -0.434. The van der Waals surface area contributed by atoms with Crippen LogP contribution < -0.4 is 0 Å². The van der Waals surface area contributed by atoms with E-state index in [-0.39, 0.29) is 35.1 Å². The van der Waals surface area contributed by atoms with Crippen LogP contribution in [0.15, 0.2) is 51.1 Å². The first kappa shape index (κ1) is 22.2. The van der Waals surface area contributed by atoms with Crippen LogP contribution in [0.25, 0.3) is 0 Å². The Labute approximate surface area is 174 Å². The molecule has 1 aliphatic heterocycles. The number of hydrogen-bond acceptors (Lipinski definition) is 7. The third-order valence-electron chi connectivity index (χ3n) is 4.33. The zero-order valence-electron chi connectivity index (χ0n) is 15.6. The summed E-state index contributed by atoms with van der Waals surface area (Å²) in [5.74, 6) is -0.738. The maximum Gasteiger partial charge on any atom is 0.416 e. The molecular weight excluding hydrogens is 445 g/mol. The number of benzene rings is 1. The minimum atomic E-state index is -4.47. The van der Waals surface area contributed by atoms with Crippen molar-refractivity contribution < 1.29 is 36.0 Å². The molecule has 1 aliphatic rings. The summed E-state index contributed by atoms with van der Waals surface area (Å²) in [5, 5.41) is 5.45. The van der Waals surface area contributed by atoms with Crippen molar-refractivity contribution in [1.29, 1.82) is 0 Å². The van der Waals surface area contributed by atoms with Crippen molar-refractivity contribution in [2.24, 2.45) is 5.16 Å². The van der Waals surface area contributed by atoms with Gasteiger partial charge in [-0.25, -0.2) is 8.42 Å². The fraction of sp³-hybridized carbons (Fsp3) is 0.333. The van der Waals surface area contributed by atoms with Crippen LogP contribution >= 0.6 is 11.3 Å². The summed E-state index contributed by atoms with van der Waals surface area (Å²) in [7, 11) is -2.79. The van der Waals surface area contributed by atoms with Gasteiger partial charge in [0.1, 0.15) is 16.9 Å². The maximum absolute atomic E-state index is 12.8. The maximum atomic E-state index is 12.8. The first-order valence-electron chi connectivity index (χ1n) is 8.60. The highest BCUT2D eigenvalue weighted by Gasteiger charge is 2.44. The number of carbonyl (C=O) groups is 1. The Hall–Kier alpha value is -2.44. The fourth-order valence-electron chi connectivity index (χ4n) is 2.90. The molecular formula is C18H17F3N2O5S2. The number of esters is 1. The molecule has 0 radical (unpaired) electrons. The largest absolute Gasteiger partial charge is 0.468 e. The summed E-state index contributed by atoms with van der Waals surface area (Å²) >= 11 is 1.01. The average Bonchev–Trinajstić information content (AvgIpc) is 3.38. The normalized spacial score (nSPS) is 19.2. The number of nitrogens with zero attached hydrogens (tertiary/aromatic N) is 2. The van der Waals surface area contributed by atoms with E-state index in [1.807, 2.05) is 0 Å². The molecule has 2 heterocycles. The van der Waals surface area contributed by atoms with Gasteiger partial charge in [0, 0.05) is 6.42 Å². The molecule has 1 aromatic heterocycles. The highest BCUT2D eigenvalue weighted by molar-refractivity contribution is 7.91. The van der Waals surface area contributed by atoms with Gasteiger partial charge in [-0.1, -0.05) is 23.4 Å². The van der Waals surface area contributed by atoms with Gasteiger partial charge in [-0.05, 0) is 29.1 Å². The van der Waals surface area contributed by atoms with Crippen molar-refractivity contribution in [3.05, 3.63) is 52.9 Å². The van der Waals surface area contributed by atoms with Crippen molar-refractivity contribution in [1.82, 2.24) is 4.31 Å². The van der Waals surface area contributed by atoms with Gasteiger partial charge in [-0.15, -0.1) is 11.3 Å². The van der Waals surface area contributed by atoms with E-state index in [2.05, 4.69) is 5.16 Å². The van der Waals surface area contributed by atoms with Crippen LogP contribution in [-0.2, 0) is 37.2 Å². The Balaban J connectivity index is 1.74. The number of carbonyl (C=O) groups excluding carboxylic acids is 1. The van der Waals surface area contributed by atoms with E-state index < -0.39 is 33.8 Å². The Kier molecular flexibility index (Phi) is 6.48. The van der Waals surface area contributed by atoms with Gasteiger partial charge >= 0.3 is 12.1 Å². The summed E-state index contributed by atoms with van der Waals surface area (Å²) in [6.07, 6.45) is -4.52. The summed E-state index contributed by atoms with van der Waals surface area (Å²) in [5.41, 5.74) is -0.298. The number of ether oxygens (including phenoxy) is 1. The topological polar surface area (TPSA) is 85.3 Å². The third kappa shape index (κ3) is 4.82. The number of halogens is 3. The van der Waals surface area contributed by atoms with E-state index in [9.17, 15) is 26.4 Å². The Morgan fingerprint density at radius 2 is 2.07 bits per heavy atom. The summed E-state index contributed by atoms with van der Waals surface area (Å²) in [6, 6.07) is 6.50. The Bertz CT molecular complexity index is 1040. The van der Waals surface area contributed by atoms with Crippen LogP contribution in [0.4, 0.5) is 13.2 Å². The zero-order chi connectivity index (χ0) is 21.9. The predicted octanol–water partition coefficient (Wildman–Crippen LogP) is 3.28. The average molecular weight is 462 g/mol. The number of oxime groups is 1. The lowest BCUT2D eigenvalue weighted by molar-refractivity contribution is -0.144. The molecule has 0 bridgehead atoms. The van der Waals surface area contributed by atoms with Crippen molar-refractivity contribution in [3.8, 4) is 0 Å². The minimum Gasteiger partial charge on any atom is -0.468 e. The van der Waals surface area contributed by atoms with Gasteiger partial charge in [-0.2, -0.15) is 17.5 Å². The molecule has 2 aromatic rings. The highest BCUT2D eigenvalue weighted by Crippen LogP contribution is 2.30. The van der Waals surface area contributed by atoms with E-state index in [0.29, 0.717) is 0 Å². The van der Waals surface area contributed by atoms with Crippen LogP contribution in [-0.4, -0.2) is 44.1 Å². The van der Waals surface area contributed by atoms with E-state index >= 15 is 0 Å². The molecule has 162 valence electrons. The van der Waals surface area contributed by atoms with Gasteiger partial charge in [0.25, 0.3) is 10.0 Å². The molecule has 30 heavy (non-hydrogen) atoms. The SMILES string of the molecule is COC(=O)C1C/C(=N/OCc2cccc(C(F)(F)F)c2)CN1S(=O)(=O)c1cccs1. The van der Waals surface area contributed by atoms with Gasteiger partial charge in [0.2, 0.25) is 0 Å². The second-order valence-corrected chi connectivity index (χ2v) is 9.42. The fourth-order valence-corrected chi connectivity index (χ4v) is 5.58. The molecule has 0 amide bonds. The molecule has 3 rings (SSSR count). The zero-order valence-corrected chi connectivity index (χ0v) is 17.3. The van der Waals surface area contributed by atoms with E-state index in [4.69, 9.17) is 9.57 Å². The Morgan fingerprint density at radius 3 is 2.70 bits per heavy atom. The van der Waals surface area contributed by atoms with Crippen LogP contribution in [0.5, 0.6) is 0 Å². The van der Waals surface area contributed by atoms with E-state index in [0.717, 1.165) is 34.9 Å². The van der Waals surface area contributed by atoms with E-state index in [1.54, 1.807) is 11.4 Å². The molecule has 0 saturated carbocycles. The minimum absolute atomic E-state index is 0.0418. The second-order valence-electron chi connectivity index (χ2n) is 6.35. The molecule has 1 atom stereocenters. The van der Waals surface area contributed by atoms with Gasteiger partial charge in [0.05, 0.1) is 24.9 Å². The molecule has 0 spiro atoms. The van der Waals surface area contributed by atoms with Crippen LogP contribution in [0.1, 0.15) is 17.5 Å². The molecule has 1 fully saturated rings. The number of rotatable bonds is 6. The molecule has 0 aliphatic carbocycles. The molecule has 7 nitrogen and oxygen atoms in total. The number of alkyl halides is 3. The summed E-state index contributed by atoms with van der Waals surface area (Å²) in [4.78, 5) is 17.2. The van der Waals surface area contributed by atoms with Crippen LogP contribution in [0, 0.1) is 0 Å². The molecule has 0 N–H and O–H groups in total. The van der Waals surface area contributed by atoms with Crippen molar-refractivity contribution >= 4 is 33.0 Å². The number of hydrogen-bond donors (Lipinski definition) is 0. The second kappa shape index (κ2) is 8.74. The van der Waals surface area contributed by atoms with Crippen LogP contribution in [0.2, 0.25) is 0 Å². The van der Waals surface area contributed by atoms with Gasteiger partial charge in [0.15, 0.2) is 0 Å². The number of thiophene rings is 1. The monoisotopic (exact) mass is 462 g/mol. The van der Waals surface area contributed by atoms with Gasteiger partial charge < -0.3 is 9.57 Å². The standard InChI is InChI=1S/C18H17F3N2O5S2/c1-27-17(24)15-9-14(10-23(15)30(25,26)16-6-3-7-29-16)22-28-11-12-4-2-5-13(8-12)18(19,20)21/h2-8,15H,9-11H2,1H3/b22-14-. The molecule has 1 saturated heterocycles. The quantitative estimate of drug-likeness (QED) is 0.486. The van der Waals surface area contributed by atoms with E-state index in [1.165, 1.54) is 18.2 Å².